The number of urea groups is 1. The molecule has 3 N–H and O–H groups in total. The summed E-state index contributed by atoms with van der Waals surface area (Å²) in [4.78, 5) is 22.4. The Morgan fingerprint density at radius 3 is 2.35 bits per heavy atom. The van der Waals surface area contributed by atoms with E-state index in [2.05, 4.69) is 10.6 Å². The first-order valence-electron chi connectivity index (χ1n) is 6.16. The van der Waals surface area contributed by atoms with Crippen molar-refractivity contribution in [3.8, 4) is 0 Å². The molecule has 0 aliphatic carbocycles. The van der Waals surface area contributed by atoms with E-state index in [1.165, 1.54) is 0 Å². The number of hydrogen-bond donors (Lipinski definition) is 3. The van der Waals surface area contributed by atoms with Crippen LogP contribution >= 0.6 is 0 Å². The summed E-state index contributed by atoms with van der Waals surface area (Å²) in [7, 11) is 0. The minimum absolute atomic E-state index is 0.0395. The Labute approximate surface area is 115 Å². The van der Waals surface area contributed by atoms with Gasteiger partial charge in [0.15, 0.2) is 0 Å². The van der Waals surface area contributed by atoms with Crippen LogP contribution in [0.4, 0.5) is 19.3 Å². The molecule has 110 valence electrons. The highest BCUT2D eigenvalue weighted by molar-refractivity contribution is 5.89. The molecule has 0 aliphatic heterocycles. The van der Waals surface area contributed by atoms with Crippen LogP contribution in [-0.4, -0.2) is 23.7 Å². The Kier molecular flexibility index (Phi) is 5.89. The largest absolute Gasteiger partial charge is 0.481 e. The summed E-state index contributed by atoms with van der Waals surface area (Å²) in [5, 5.41) is 13.5. The monoisotopic (exact) mass is 286 g/mol. The highest BCUT2D eigenvalue weighted by Gasteiger charge is 2.17. The molecule has 7 heteroatoms. The Balaban J connectivity index is 2.52. The van der Waals surface area contributed by atoms with Gasteiger partial charge in [-0.3, -0.25) is 4.79 Å². The normalized spacial score (nSPS) is 11.8. The molecule has 1 unspecified atom stereocenters. The van der Waals surface area contributed by atoms with E-state index in [1.54, 1.807) is 0 Å². The highest BCUT2D eigenvalue weighted by atomic mass is 19.1. The van der Waals surface area contributed by atoms with Crippen LogP contribution in [0.2, 0.25) is 0 Å². The standard InChI is InChI=1S/C13H16F2N2O3/c1-2-3-8(12(18)19)7-16-13(20)17-11-5-9(14)4-10(15)6-11/h4-6,8H,2-3,7H2,1H3,(H,18,19)(H2,16,17,20). The summed E-state index contributed by atoms with van der Waals surface area (Å²) in [5.41, 5.74) is -0.0395. The van der Waals surface area contributed by atoms with Crippen LogP contribution in [0.3, 0.4) is 0 Å². The minimum Gasteiger partial charge on any atom is -0.481 e. The van der Waals surface area contributed by atoms with Crippen LogP contribution < -0.4 is 10.6 Å². The second-order valence-electron chi connectivity index (χ2n) is 4.32. The van der Waals surface area contributed by atoms with Gasteiger partial charge in [0.1, 0.15) is 11.6 Å². The zero-order chi connectivity index (χ0) is 15.1. The van der Waals surface area contributed by atoms with Crippen molar-refractivity contribution in [3.63, 3.8) is 0 Å². The zero-order valence-corrected chi connectivity index (χ0v) is 11.0. The van der Waals surface area contributed by atoms with Gasteiger partial charge in [0.05, 0.1) is 5.92 Å². The number of rotatable bonds is 6. The van der Waals surface area contributed by atoms with Crippen molar-refractivity contribution < 1.29 is 23.5 Å². The topological polar surface area (TPSA) is 78.4 Å². The van der Waals surface area contributed by atoms with E-state index < -0.39 is 29.6 Å². The molecule has 0 fully saturated rings. The summed E-state index contributed by atoms with van der Waals surface area (Å²) in [5.74, 6) is -3.30. The van der Waals surface area contributed by atoms with Crippen LogP contribution in [0, 0.1) is 17.6 Å². The number of carbonyl (C=O) groups excluding carboxylic acids is 1. The predicted molar refractivity (Wildman–Crippen MR) is 69.4 cm³/mol. The Bertz CT molecular complexity index is 474. The van der Waals surface area contributed by atoms with Gasteiger partial charge >= 0.3 is 12.0 Å². The molecular weight excluding hydrogens is 270 g/mol. The van der Waals surface area contributed by atoms with Crippen molar-refractivity contribution in [3.05, 3.63) is 29.8 Å². The molecule has 1 aromatic carbocycles. The summed E-state index contributed by atoms with van der Waals surface area (Å²) in [6.45, 7) is 1.79. The number of aliphatic carboxylic acids is 1. The molecule has 20 heavy (non-hydrogen) atoms. The van der Waals surface area contributed by atoms with Crippen LogP contribution in [0.15, 0.2) is 18.2 Å². The van der Waals surface area contributed by atoms with Gasteiger partial charge in [0.25, 0.3) is 0 Å². The second-order valence-corrected chi connectivity index (χ2v) is 4.32. The molecule has 1 rings (SSSR count). The third kappa shape index (κ3) is 5.21. The summed E-state index contributed by atoms with van der Waals surface area (Å²) in [6, 6.07) is 1.90. The minimum atomic E-state index is -0.996. The first-order chi connectivity index (χ1) is 9.42. The van der Waals surface area contributed by atoms with Crippen molar-refractivity contribution in [2.24, 2.45) is 5.92 Å². The van der Waals surface area contributed by atoms with E-state index >= 15 is 0 Å². The van der Waals surface area contributed by atoms with E-state index in [1.807, 2.05) is 6.92 Å². The van der Waals surface area contributed by atoms with Gasteiger partial charge in [-0.15, -0.1) is 0 Å². The van der Waals surface area contributed by atoms with Gasteiger partial charge in [-0.05, 0) is 18.6 Å². The molecular formula is C13H16F2N2O3. The maximum Gasteiger partial charge on any atom is 0.319 e. The highest BCUT2D eigenvalue weighted by Crippen LogP contribution is 2.12. The number of nitrogens with one attached hydrogen (secondary N) is 2. The number of anilines is 1. The maximum absolute atomic E-state index is 12.9. The molecule has 1 atom stereocenters. The van der Waals surface area contributed by atoms with Gasteiger partial charge in [-0.25, -0.2) is 13.6 Å². The van der Waals surface area contributed by atoms with Crippen LogP contribution in [0.1, 0.15) is 19.8 Å². The fourth-order valence-electron chi connectivity index (χ4n) is 1.68. The Morgan fingerprint density at radius 1 is 1.25 bits per heavy atom. The Hall–Kier alpha value is -2.18. The van der Waals surface area contributed by atoms with E-state index in [-0.39, 0.29) is 12.2 Å². The lowest BCUT2D eigenvalue weighted by Crippen LogP contribution is -2.35. The lowest BCUT2D eigenvalue weighted by Gasteiger charge is -2.13. The van der Waals surface area contributed by atoms with Gasteiger partial charge in [0, 0.05) is 18.3 Å². The third-order valence-electron chi connectivity index (χ3n) is 2.62. The fraction of sp³-hybridized carbons (Fsp3) is 0.385. The number of hydrogen-bond acceptors (Lipinski definition) is 2. The van der Waals surface area contributed by atoms with E-state index in [0.29, 0.717) is 18.9 Å². The predicted octanol–water partition coefficient (Wildman–Crippen LogP) is 2.59. The number of benzene rings is 1. The van der Waals surface area contributed by atoms with E-state index in [4.69, 9.17) is 5.11 Å². The first kappa shape index (κ1) is 15.9. The van der Waals surface area contributed by atoms with Crippen molar-refractivity contribution in [1.82, 2.24) is 5.32 Å². The molecule has 5 nitrogen and oxygen atoms in total. The number of carbonyl (C=O) groups is 2. The molecule has 0 saturated carbocycles. The molecule has 0 spiro atoms. The van der Waals surface area contributed by atoms with Crippen LogP contribution in [0.25, 0.3) is 0 Å². The van der Waals surface area contributed by atoms with Crippen molar-refractivity contribution in [1.29, 1.82) is 0 Å². The molecule has 0 saturated heterocycles. The molecule has 0 heterocycles. The van der Waals surface area contributed by atoms with Gasteiger partial charge in [0.2, 0.25) is 0 Å². The number of carboxylic acids is 1. The van der Waals surface area contributed by atoms with Crippen LogP contribution in [-0.2, 0) is 4.79 Å². The number of carboxylic acid groups (broad SMARTS) is 1. The molecule has 2 amide bonds. The average Bonchev–Trinajstić information content (AvgIpc) is 2.32. The smallest absolute Gasteiger partial charge is 0.319 e. The van der Waals surface area contributed by atoms with Crippen LogP contribution in [0.5, 0.6) is 0 Å². The van der Waals surface area contributed by atoms with Gasteiger partial charge in [-0.1, -0.05) is 13.3 Å². The molecule has 0 radical (unpaired) electrons. The lowest BCUT2D eigenvalue weighted by molar-refractivity contribution is -0.141. The fourth-order valence-corrected chi connectivity index (χ4v) is 1.68. The first-order valence-corrected chi connectivity index (χ1v) is 6.16. The number of amides is 2. The quantitative estimate of drug-likeness (QED) is 0.752. The summed E-state index contributed by atoms with van der Waals surface area (Å²) in [6.07, 6.45) is 1.11. The Morgan fingerprint density at radius 2 is 1.85 bits per heavy atom. The molecule has 1 aromatic rings. The zero-order valence-electron chi connectivity index (χ0n) is 11.0. The maximum atomic E-state index is 12.9. The number of halogens is 2. The molecule has 0 aliphatic rings. The average molecular weight is 286 g/mol. The summed E-state index contributed by atoms with van der Waals surface area (Å²) >= 11 is 0. The lowest BCUT2D eigenvalue weighted by atomic mass is 10.0. The van der Waals surface area contributed by atoms with E-state index in [9.17, 15) is 18.4 Å². The van der Waals surface area contributed by atoms with Gasteiger partial charge < -0.3 is 15.7 Å². The van der Waals surface area contributed by atoms with Crippen molar-refractivity contribution in [2.75, 3.05) is 11.9 Å². The third-order valence-corrected chi connectivity index (χ3v) is 2.62. The SMILES string of the molecule is CCCC(CNC(=O)Nc1cc(F)cc(F)c1)C(=O)O. The van der Waals surface area contributed by atoms with Crippen molar-refractivity contribution in [2.45, 2.75) is 19.8 Å². The van der Waals surface area contributed by atoms with Crippen molar-refractivity contribution >= 4 is 17.7 Å². The molecule has 0 aromatic heterocycles. The van der Waals surface area contributed by atoms with Gasteiger partial charge in [-0.2, -0.15) is 0 Å². The second kappa shape index (κ2) is 7.42. The van der Waals surface area contributed by atoms with E-state index in [0.717, 1.165) is 12.1 Å². The molecule has 0 bridgehead atoms. The summed E-state index contributed by atoms with van der Waals surface area (Å²) < 4.78 is 25.8.